The Hall–Kier alpha value is -3.26. The van der Waals surface area contributed by atoms with Gasteiger partial charge in [-0.25, -0.2) is 4.79 Å². The van der Waals surface area contributed by atoms with E-state index in [0.717, 1.165) is 0 Å². The summed E-state index contributed by atoms with van der Waals surface area (Å²) in [6, 6.07) is 9.81. The first-order valence-electron chi connectivity index (χ1n) is 9.35. The Morgan fingerprint density at radius 1 is 1.13 bits per heavy atom. The summed E-state index contributed by atoms with van der Waals surface area (Å²) in [5.41, 5.74) is 1.20. The van der Waals surface area contributed by atoms with Gasteiger partial charge in [0.15, 0.2) is 11.5 Å². The van der Waals surface area contributed by atoms with Crippen LogP contribution in [-0.4, -0.2) is 44.7 Å². The van der Waals surface area contributed by atoms with Crippen LogP contribution in [0, 0.1) is 5.92 Å². The van der Waals surface area contributed by atoms with E-state index in [2.05, 4.69) is 10.1 Å². The minimum Gasteiger partial charge on any atom is -0.486 e. The van der Waals surface area contributed by atoms with E-state index in [-0.39, 0.29) is 35.4 Å². The number of amides is 2. The average molecular weight is 431 g/mol. The lowest BCUT2D eigenvalue weighted by Crippen LogP contribution is -2.28. The summed E-state index contributed by atoms with van der Waals surface area (Å²) in [5.74, 6) is -0.398. The molecule has 0 aromatic heterocycles. The van der Waals surface area contributed by atoms with Crippen LogP contribution in [0.5, 0.6) is 11.5 Å². The molecule has 2 heterocycles. The maximum absolute atomic E-state index is 12.7. The van der Waals surface area contributed by atoms with Gasteiger partial charge in [0.05, 0.1) is 23.6 Å². The fraction of sp³-hybridized carbons (Fsp3) is 0.286. The number of nitrogens with zero attached hydrogens (tertiary/aromatic N) is 1. The molecule has 0 saturated carbocycles. The Kier molecular flexibility index (Phi) is 5.50. The van der Waals surface area contributed by atoms with E-state index in [1.54, 1.807) is 29.2 Å². The number of carbonyl (C=O) groups is 3. The molecule has 0 aliphatic carbocycles. The van der Waals surface area contributed by atoms with Crippen LogP contribution in [0.1, 0.15) is 16.8 Å². The second kappa shape index (κ2) is 8.23. The lowest BCUT2D eigenvalue weighted by Gasteiger charge is -2.22. The largest absolute Gasteiger partial charge is 0.486 e. The molecule has 1 saturated heterocycles. The van der Waals surface area contributed by atoms with Crippen LogP contribution in [0.4, 0.5) is 11.4 Å². The number of rotatable bonds is 4. The number of halogens is 1. The number of nitrogens with one attached hydrogen (secondary N) is 1. The third-order valence-corrected chi connectivity index (χ3v) is 5.30. The molecule has 8 nitrogen and oxygen atoms in total. The Balaban J connectivity index is 1.46. The number of anilines is 2. The standard InChI is InChI=1S/C21H19ClN2O6/c1-28-21(27)15-9-13(2-4-16(15)22)23-20(26)12-8-19(25)24(11-12)14-3-5-17-18(10-14)30-7-6-29-17/h2-5,9-10,12H,6-8,11H2,1H3,(H,23,26). The van der Waals surface area contributed by atoms with Gasteiger partial charge >= 0.3 is 5.97 Å². The molecule has 2 aromatic rings. The van der Waals surface area contributed by atoms with Gasteiger partial charge in [-0.05, 0) is 30.3 Å². The molecule has 2 aliphatic heterocycles. The van der Waals surface area contributed by atoms with Crippen molar-refractivity contribution >= 4 is 40.8 Å². The number of carbonyl (C=O) groups excluding carboxylic acids is 3. The molecular formula is C21H19ClN2O6. The first-order valence-corrected chi connectivity index (χ1v) is 9.73. The second-order valence-electron chi connectivity index (χ2n) is 6.91. The molecule has 1 fully saturated rings. The van der Waals surface area contributed by atoms with Gasteiger partial charge in [-0.1, -0.05) is 11.6 Å². The van der Waals surface area contributed by atoms with Crippen molar-refractivity contribution in [2.45, 2.75) is 6.42 Å². The van der Waals surface area contributed by atoms with E-state index in [4.69, 9.17) is 21.1 Å². The van der Waals surface area contributed by atoms with Crippen molar-refractivity contribution < 1.29 is 28.6 Å². The molecule has 1 atom stereocenters. The zero-order valence-electron chi connectivity index (χ0n) is 16.1. The summed E-state index contributed by atoms with van der Waals surface area (Å²) in [4.78, 5) is 38.6. The average Bonchev–Trinajstić information content (AvgIpc) is 3.16. The van der Waals surface area contributed by atoms with E-state index >= 15 is 0 Å². The summed E-state index contributed by atoms with van der Waals surface area (Å²) < 4.78 is 15.8. The summed E-state index contributed by atoms with van der Waals surface area (Å²) in [7, 11) is 1.25. The van der Waals surface area contributed by atoms with Crippen molar-refractivity contribution in [3.8, 4) is 11.5 Å². The molecule has 1 unspecified atom stereocenters. The third-order valence-electron chi connectivity index (χ3n) is 4.97. The predicted octanol–water partition coefficient (Wildman–Crippen LogP) is 2.89. The van der Waals surface area contributed by atoms with Gasteiger partial charge in [-0.2, -0.15) is 0 Å². The van der Waals surface area contributed by atoms with Crippen molar-refractivity contribution in [3.05, 3.63) is 47.0 Å². The quantitative estimate of drug-likeness (QED) is 0.749. The Bertz CT molecular complexity index is 1020. The minimum atomic E-state index is -0.600. The van der Waals surface area contributed by atoms with Gasteiger partial charge in [0.25, 0.3) is 0 Å². The number of benzene rings is 2. The molecule has 0 radical (unpaired) electrons. The van der Waals surface area contributed by atoms with Crippen LogP contribution in [0.15, 0.2) is 36.4 Å². The van der Waals surface area contributed by atoms with Gasteiger partial charge in [0, 0.05) is 30.4 Å². The van der Waals surface area contributed by atoms with Gasteiger partial charge in [-0.15, -0.1) is 0 Å². The predicted molar refractivity (Wildman–Crippen MR) is 109 cm³/mol. The Labute approximate surface area is 177 Å². The summed E-state index contributed by atoms with van der Waals surface area (Å²) >= 11 is 6.01. The van der Waals surface area contributed by atoms with Crippen LogP contribution < -0.4 is 19.7 Å². The molecule has 2 aliphatic rings. The van der Waals surface area contributed by atoms with Crippen LogP contribution in [0.2, 0.25) is 5.02 Å². The van der Waals surface area contributed by atoms with Crippen molar-refractivity contribution in [1.29, 1.82) is 0 Å². The highest BCUT2D eigenvalue weighted by molar-refractivity contribution is 6.33. The van der Waals surface area contributed by atoms with Crippen molar-refractivity contribution in [2.24, 2.45) is 5.92 Å². The molecule has 30 heavy (non-hydrogen) atoms. The molecule has 2 aromatic carbocycles. The van der Waals surface area contributed by atoms with E-state index in [1.165, 1.54) is 19.2 Å². The highest BCUT2D eigenvalue weighted by atomic mass is 35.5. The normalized spacial score (nSPS) is 17.6. The second-order valence-corrected chi connectivity index (χ2v) is 7.32. The fourth-order valence-corrected chi connectivity index (χ4v) is 3.64. The third kappa shape index (κ3) is 3.91. The molecular weight excluding hydrogens is 412 g/mol. The van der Waals surface area contributed by atoms with Gasteiger partial charge < -0.3 is 24.4 Å². The SMILES string of the molecule is COC(=O)c1cc(NC(=O)C2CC(=O)N(c3ccc4c(c3)OCCO4)C2)ccc1Cl. The number of hydrogen-bond donors (Lipinski definition) is 1. The minimum absolute atomic E-state index is 0.0811. The topological polar surface area (TPSA) is 94.2 Å². The maximum atomic E-state index is 12.7. The van der Waals surface area contributed by atoms with Gasteiger partial charge in [0.1, 0.15) is 13.2 Å². The first-order chi connectivity index (χ1) is 14.5. The van der Waals surface area contributed by atoms with Crippen LogP contribution in [0.25, 0.3) is 0 Å². The summed E-state index contributed by atoms with van der Waals surface area (Å²) in [6.07, 6.45) is 0.0811. The van der Waals surface area contributed by atoms with Crippen LogP contribution in [0.3, 0.4) is 0 Å². The highest BCUT2D eigenvalue weighted by Crippen LogP contribution is 2.36. The molecule has 0 spiro atoms. The zero-order chi connectivity index (χ0) is 21.3. The fourth-order valence-electron chi connectivity index (χ4n) is 3.45. The maximum Gasteiger partial charge on any atom is 0.339 e. The number of esters is 1. The highest BCUT2D eigenvalue weighted by Gasteiger charge is 2.35. The molecule has 4 rings (SSSR count). The number of fused-ring (bicyclic) bond motifs is 1. The summed E-state index contributed by atoms with van der Waals surface area (Å²) in [5, 5.41) is 2.97. The number of ether oxygens (including phenoxy) is 3. The van der Waals surface area contributed by atoms with E-state index < -0.39 is 11.9 Å². The lowest BCUT2D eigenvalue weighted by atomic mass is 10.1. The smallest absolute Gasteiger partial charge is 0.339 e. The first kappa shape index (κ1) is 20.0. The van der Waals surface area contributed by atoms with Crippen molar-refractivity contribution in [1.82, 2.24) is 0 Å². The van der Waals surface area contributed by atoms with Crippen LogP contribution >= 0.6 is 11.6 Å². The zero-order valence-corrected chi connectivity index (χ0v) is 16.9. The van der Waals surface area contributed by atoms with Crippen molar-refractivity contribution in [3.63, 3.8) is 0 Å². The van der Waals surface area contributed by atoms with Gasteiger partial charge in [0.2, 0.25) is 11.8 Å². The van der Waals surface area contributed by atoms with Gasteiger partial charge in [-0.3, -0.25) is 9.59 Å². The van der Waals surface area contributed by atoms with E-state index in [0.29, 0.717) is 36.1 Å². The Morgan fingerprint density at radius 3 is 2.67 bits per heavy atom. The lowest BCUT2D eigenvalue weighted by molar-refractivity contribution is -0.122. The van der Waals surface area contributed by atoms with E-state index in [1.807, 2.05) is 0 Å². The molecule has 0 bridgehead atoms. The molecule has 2 amide bonds. The molecule has 9 heteroatoms. The Morgan fingerprint density at radius 2 is 1.90 bits per heavy atom. The summed E-state index contributed by atoms with van der Waals surface area (Å²) in [6.45, 7) is 1.17. The molecule has 156 valence electrons. The number of methoxy groups -OCH3 is 1. The van der Waals surface area contributed by atoms with Crippen LogP contribution in [-0.2, 0) is 14.3 Å². The number of hydrogen-bond acceptors (Lipinski definition) is 6. The van der Waals surface area contributed by atoms with Crippen molar-refractivity contribution in [2.75, 3.05) is 37.1 Å². The van der Waals surface area contributed by atoms with E-state index in [9.17, 15) is 14.4 Å². The molecule has 1 N–H and O–H groups in total. The monoisotopic (exact) mass is 430 g/mol.